The van der Waals surface area contributed by atoms with E-state index in [1.54, 1.807) is 17.0 Å². The number of anilines is 3. The van der Waals surface area contributed by atoms with Gasteiger partial charge in [0.25, 0.3) is 0 Å². The first-order chi connectivity index (χ1) is 13.3. The lowest BCUT2D eigenvalue weighted by molar-refractivity contribution is -0.122. The fourth-order valence-electron chi connectivity index (χ4n) is 4.00. The van der Waals surface area contributed by atoms with Gasteiger partial charge in [-0.25, -0.2) is 0 Å². The molecule has 2 aliphatic rings. The van der Waals surface area contributed by atoms with Gasteiger partial charge in [-0.15, -0.1) is 12.4 Å². The minimum absolute atomic E-state index is 0. The van der Waals surface area contributed by atoms with Crippen LogP contribution < -0.4 is 25.4 Å². The fourth-order valence-corrected chi connectivity index (χ4v) is 4.00. The van der Waals surface area contributed by atoms with Crippen molar-refractivity contribution in [2.45, 2.75) is 27.2 Å². The summed E-state index contributed by atoms with van der Waals surface area (Å²) in [5.41, 5.74) is 11.0. The van der Waals surface area contributed by atoms with Crippen LogP contribution >= 0.6 is 12.4 Å². The highest BCUT2D eigenvalue weighted by atomic mass is 35.5. The van der Waals surface area contributed by atoms with Crippen molar-refractivity contribution in [2.75, 3.05) is 29.3 Å². The quantitative estimate of drug-likeness (QED) is 0.747. The molecule has 2 aliphatic heterocycles. The zero-order valence-electron chi connectivity index (χ0n) is 16.6. The number of ether oxygens (including phenoxy) is 2. The van der Waals surface area contributed by atoms with Crippen molar-refractivity contribution in [3.63, 3.8) is 0 Å². The minimum atomic E-state index is -0.447. The second-order valence-electron chi connectivity index (χ2n) is 7.43. The van der Waals surface area contributed by atoms with Crippen LogP contribution in [0.1, 0.15) is 23.1 Å². The third kappa shape index (κ3) is 3.82. The van der Waals surface area contributed by atoms with E-state index in [-0.39, 0.29) is 37.4 Å². The summed E-state index contributed by atoms with van der Waals surface area (Å²) in [6.45, 7) is 6.49. The second-order valence-corrected chi connectivity index (χ2v) is 7.43. The average Bonchev–Trinajstić information content (AvgIpc) is 3.21. The number of carbonyl (C=O) groups is 2. The molecule has 1 saturated heterocycles. The Bertz CT molecular complexity index is 969. The summed E-state index contributed by atoms with van der Waals surface area (Å²) >= 11 is 0. The van der Waals surface area contributed by atoms with Crippen LogP contribution in [0.4, 0.5) is 17.1 Å². The highest BCUT2D eigenvalue weighted by molar-refractivity contribution is 6.05. The van der Waals surface area contributed by atoms with E-state index < -0.39 is 5.92 Å². The Morgan fingerprint density at radius 2 is 1.72 bits per heavy atom. The topological polar surface area (TPSA) is 93.9 Å². The van der Waals surface area contributed by atoms with Gasteiger partial charge < -0.3 is 25.4 Å². The van der Waals surface area contributed by atoms with Gasteiger partial charge in [0.05, 0.1) is 17.3 Å². The second kappa shape index (κ2) is 7.83. The maximum Gasteiger partial charge on any atom is 0.231 e. The molecular formula is C21H24ClN3O4. The number of nitrogens with zero attached hydrogens (tertiary/aromatic N) is 1. The molecule has 0 bridgehead atoms. The lowest BCUT2D eigenvalue weighted by Gasteiger charge is -2.22. The predicted molar refractivity (Wildman–Crippen MR) is 114 cm³/mol. The molecule has 4 rings (SSSR count). The van der Waals surface area contributed by atoms with Crippen molar-refractivity contribution >= 4 is 41.3 Å². The first-order valence-electron chi connectivity index (χ1n) is 9.21. The molecule has 0 saturated carbocycles. The summed E-state index contributed by atoms with van der Waals surface area (Å²) in [5, 5.41) is 2.83. The highest BCUT2D eigenvalue weighted by Crippen LogP contribution is 2.39. The van der Waals surface area contributed by atoms with Gasteiger partial charge in [0.15, 0.2) is 11.5 Å². The molecule has 2 aromatic rings. The molecule has 0 aliphatic carbocycles. The van der Waals surface area contributed by atoms with Gasteiger partial charge in [0.2, 0.25) is 18.6 Å². The number of benzene rings is 2. The Morgan fingerprint density at radius 1 is 1.10 bits per heavy atom. The fraction of sp³-hybridized carbons (Fsp3) is 0.333. The average molecular weight is 418 g/mol. The molecule has 1 atom stereocenters. The van der Waals surface area contributed by atoms with Crippen molar-refractivity contribution in [1.29, 1.82) is 0 Å². The Labute approximate surface area is 175 Å². The maximum atomic E-state index is 12.8. The number of fused-ring (bicyclic) bond motifs is 1. The highest BCUT2D eigenvalue weighted by Gasteiger charge is 2.36. The largest absolute Gasteiger partial charge is 0.454 e. The molecule has 2 aromatic carbocycles. The summed E-state index contributed by atoms with van der Waals surface area (Å²) in [5.74, 6) is 0.373. The molecule has 2 amide bonds. The number of rotatable bonds is 3. The van der Waals surface area contributed by atoms with Crippen LogP contribution in [0.5, 0.6) is 11.5 Å². The van der Waals surface area contributed by atoms with E-state index in [4.69, 9.17) is 15.2 Å². The monoisotopic (exact) mass is 417 g/mol. The maximum absolute atomic E-state index is 12.8. The Hall–Kier alpha value is -2.93. The van der Waals surface area contributed by atoms with Crippen molar-refractivity contribution in [2.24, 2.45) is 5.92 Å². The summed E-state index contributed by atoms with van der Waals surface area (Å²) in [6.07, 6.45) is 0.170. The van der Waals surface area contributed by atoms with Crippen LogP contribution in [0.25, 0.3) is 0 Å². The van der Waals surface area contributed by atoms with E-state index in [1.807, 2.05) is 20.8 Å². The van der Waals surface area contributed by atoms with Gasteiger partial charge in [0, 0.05) is 30.8 Å². The molecule has 2 heterocycles. The Morgan fingerprint density at radius 3 is 2.38 bits per heavy atom. The van der Waals surface area contributed by atoms with E-state index in [0.717, 1.165) is 22.4 Å². The zero-order chi connectivity index (χ0) is 20.0. The van der Waals surface area contributed by atoms with Crippen molar-refractivity contribution in [3.8, 4) is 11.5 Å². The first-order valence-corrected chi connectivity index (χ1v) is 9.21. The van der Waals surface area contributed by atoms with E-state index in [9.17, 15) is 9.59 Å². The summed E-state index contributed by atoms with van der Waals surface area (Å²) in [6, 6.07) is 7.38. The van der Waals surface area contributed by atoms with Crippen LogP contribution in [0.3, 0.4) is 0 Å². The third-order valence-corrected chi connectivity index (χ3v) is 5.20. The van der Waals surface area contributed by atoms with Crippen LogP contribution in [0.15, 0.2) is 24.3 Å². The number of nitrogens with one attached hydrogen (secondary N) is 1. The van der Waals surface area contributed by atoms with Crippen LogP contribution in [0, 0.1) is 26.7 Å². The van der Waals surface area contributed by atoms with Gasteiger partial charge >= 0.3 is 0 Å². The van der Waals surface area contributed by atoms with E-state index >= 15 is 0 Å². The van der Waals surface area contributed by atoms with Crippen LogP contribution in [-0.4, -0.2) is 25.2 Å². The van der Waals surface area contributed by atoms with Crippen molar-refractivity contribution in [1.82, 2.24) is 0 Å². The van der Waals surface area contributed by atoms with Crippen LogP contribution in [0.2, 0.25) is 0 Å². The molecule has 0 spiro atoms. The number of nitrogen functional groups attached to an aromatic ring is 1. The van der Waals surface area contributed by atoms with E-state index in [0.29, 0.717) is 29.4 Å². The van der Waals surface area contributed by atoms with Crippen molar-refractivity contribution < 1.29 is 19.1 Å². The normalized spacial score (nSPS) is 17.3. The number of carbonyl (C=O) groups excluding carboxylic acids is 2. The number of halogens is 1. The molecule has 1 unspecified atom stereocenters. The molecule has 3 N–H and O–H groups in total. The van der Waals surface area contributed by atoms with Gasteiger partial charge in [-0.3, -0.25) is 9.59 Å². The first kappa shape index (κ1) is 20.8. The summed E-state index contributed by atoms with van der Waals surface area (Å²) < 4.78 is 10.6. The lowest BCUT2D eigenvalue weighted by Crippen LogP contribution is -2.29. The van der Waals surface area contributed by atoms with Gasteiger partial charge in [-0.2, -0.15) is 0 Å². The van der Waals surface area contributed by atoms with Gasteiger partial charge in [-0.05, 0) is 31.9 Å². The number of hydrogen-bond acceptors (Lipinski definition) is 5. The minimum Gasteiger partial charge on any atom is -0.454 e. The summed E-state index contributed by atoms with van der Waals surface area (Å²) in [4.78, 5) is 27.2. The Kier molecular flexibility index (Phi) is 5.61. The molecule has 8 heteroatoms. The van der Waals surface area contributed by atoms with Gasteiger partial charge in [-0.1, -0.05) is 17.7 Å². The van der Waals surface area contributed by atoms with Gasteiger partial charge in [0.1, 0.15) is 0 Å². The van der Waals surface area contributed by atoms with Crippen LogP contribution in [-0.2, 0) is 9.59 Å². The predicted octanol–water partition coefficient (Wildman–Crippen LogP) is 3.34. The molecule has 0 radical (unpaired) electrons. The number of hydrogen-bond donors (Lipinski definition) is 2. The molecule has 7 nitrogen and oxygen atoms in total. The number of amides is 2. The molecule has 1 fully saturated rings. The molecule has 0 aromatic heterocycles. The van der Waals surface area contributed by atoms with Crippen molar-refractivity contribution in [3.05, 3.63) is 41.0 Å². The summed E-state index contributed by atoms with van der Waals surface area (Å²) in [7, 11) is 0. The smallest absolute Gasteiger partial charge is 0.231 e. The molecular weight excluding hydrogens is 394 g/mol. The lowest BCUT2D eigenvalue weighted by atomic mass is 10.0. The van der Waals surface area contributed by atoms with E-state index in [2.05, 4.69) is 17.4 Å². The third-order valence-electron chi connectivity index (χ3n) is 5.20. The molecule has 29 heavy (non-hydrogen) atoms. The zero-order valence-corrected chi connectivity index (χ0v) is 17.4. The standard InChI is InChI=1S/C21H23N3O4.ClH/c1-11-4-12(2)20(13(3)5-11)24-9-14(6-19(24)25)21(26)23-16-8-18-17(7-15(16)22)27-10-28-18;/h4-5,7-8,14H,6,9-10,22H2,1-3H3,(H,23,26);1H. The number of aryl methyl sites for hydroxylation is 3. The molecule has 154 valence electrons. The number of nitrogens with two attached hydrogens (primary N) is 1. The van der Waals surface area contributed by atoms with E-state index in [1.165, 1.54) is 0 Å². The SMILES string of the molecule is Cc1cc(C)c(N2CC(C(=O)Nc3cc4c(cc3N)OCO4)CC2=O)c(C)c1.Cl. The Balaban J connectivity index is 0.00000240.